The van der Waals surface area contributed by atoms with Crippen LogP contribution in [0.25, 0.3) is 6.08 Å². The van der Waals surface area contributed by atoms with Crippen molar-refractivity contribution in [3.63, 3.8) is 0 Å². The number of aryl methyl sites for hydroxylation is 1. The van der Waals surface area contributed by atoms with Crippen molar-refractivity contribution in [2.75, 3.05) is 20.3 Å². The van der Waals surface area contributed by atoms with Gasteiger partial charge in [0.15, 0.2) is 11.5 Å². The van der Waals surface area contributed by atoms with E-state index >= 15 is 0 Å². The molecule has 1 N–H and O–H groups in total. The summed E-state index contributed by atoms with van der Waals surface area (Å²) in [5.41, 5.74) is 3.22. The van der Waals surface area contributed by atoms with E-state index in [2.05, 4.69) is 25.2 Å². The van der Waals surface area contributed by atoms with E-state index in [1.807, 2.05) is 30.3 Å². The fourth-order valence-electron chi connectivity index (χ4n) is 2.77. The lowest BCUT2D eigenvalue weighted by Gasteiger charge is -2.13. The fraction of sp³-hybridized carbons (Fsp3) is 0.273. The molecule has 1 saturated heterocycles. The van der Waals surface area contributed by atoms with Gasteiger partial charge in [-0.2, -0.15) is 0 Å². The van der Waals surface area contributed by atoms with E-state index in [-0.39, 0.29) is 5.91 Å². The van der Waals surface area contributed by atoms with Crippen molar-refractivity contribution in [1.29, 1.82) is 0 Å². The first kappa shape index (κ1) is 21.2. The molecule has 0 radical (unpaired) electrons. The topological polar surface area (TPSA) is 56.8 Å². The van der Waals surface area contributed by atoms with Crippen molar-refractivity contribution in [3.05, 3.63) is 58.0 Å². The largest absolute Gasteiger partial charge is 0.493 e. The summed E-state index contributed by atoms with van der Waals surface area (Å²) in [7, 11) is 1.59. The summed E-state index contributed by atoms with van der Waals surface area (Å²) < 4.78 is 17.6. The Bertz CT molecular complexity index is 956. The molecule has 7 heteroatoms. The average molecular weight is 430 g/mol. The molecule has 0 bridgehead atoms. The second-order valence-corrected chi connectivity index (χ2v) is 8.23. The van der Waals surface area contributed by atoms with Gasteiger partial charge in [-0.1, -0.05) is 42.2 Å². The third-order valence-corrected chi connectivity index (χ3v) is 5.65. The Labute approximate surface area is 180 Å². The van der Waals surface area contributed by atoms with Gasteiger partial charge in [-0.25, -0.2) is 0 Å². The van der Waals surface area contributed by atoms with Gasteiger partial charge in [-0.3, -0.25) is 4.79 Å². The van der Waals surface area contributed by atoms with Gasteiger partial charge in [0.05, 0.1) is 25.2 Å². The highest BCUT2D eigenvalue weighted by Crippen LogP contribution is 2.31. The molecule has 5 nitrogen and oxygen atoms in total. The molecule has 0 spiro atoms. The second-order valence-electron chi connectivity index (χ2n) is 6.51. The zero-order valence-corrected chi connectivity index (χ0v) is 18.2. The van der Waals surface area contributed by atoms with Crippen molar-refractivity contribution >= 4 is 40.3 Å². The Balaban J connectivity index is 1.54. The molecule has 2 aromatic rings. The standard InChI is InChI=1S/C22H23NO4S2/c1-14-6-4-7-17(15(14)2)26-10-5-11-27-18-9-8-16(12-19(18)25-3)13-20-21(24)23-22(28)29-20/h4,6-9,12-13H,5,10-11H2,1-3H3,(H,23,24,28)/b20-13+. The van der Waals surface area contributed by atoms with E-state index in [4.69, 9.17) is 26.4 Å². The van der Waals surface area contributed by atoms with Crippen LogP contribution in [0.5, 0.6) is 17.2 Å². The molecule has 29 heavy (non-hydrogen) atoms. The van der Waals surface area contributed by atoms with Crippen LogP contribution in [0.3, 0.4) is 0 Å². The summed E-state index contributed by atoms with van der Waals surface area (Å²) in [5.74, 6) is 2.00. The van der Waals surface area contributed by atoms with Crippen LogP contribution in [0.4, 0.5) is 0 Å². The smallest absolute Gasteiger partial charge is 0.263 e. The summed E-state index contributed by atoms with van der Waals surface area (Å²) in [5, 5.41) is 2.60. The van der Waals surface area contributed by atoms with Gasteiger partial charge in [0.2, 0.25) is 0 Å². The van der Waals surface area contributed by atoms with Crippen LogP contribution < -0.4 is 19.5 Å². The molecule has 0 aliphatic carbocycles. The van der Waals surface area contributed by atoms with E-state index in [9.17, 15) is 4.79 Å². The van der Waals surface area contributed by atoms with Crippen LogP contribution in [0.15, 0.2) is 41.3 Å². The minimum atomic E-state index is -0.178. The normalized spacial score (nSPS) is 14.8. The lowest BCUT2D eigenvalue weighted by molar-refractivity contribution is -0.115. The Hall–Kier alpha value is -2.51. The number of nitrogens with one attached hydrogen (secondary N) is 1. The number of hydrogen-bond donors (Lipinski definition) is 1. The first-order chi connectivity index (χ1) is 14.0. The van der Waals surface area contributed by atoms with E-state index in [1.54, 1.807) is 13.2 Å². The first-order valence-electron chi connectivity index (χ1n) is 9.22. The summed E-state index contributed by atoms with van der Waals surface area (Å²) in [6, 6.07) is 11.6. The SMILES string of the molecule is COc1cc(/C=C2/SC(=S)NC2=O)ccc1OCCCOc1cccc(C)c1C. The lowest BCUT2D eigenvalue weighted by Crippen LogP contribution is -2.17. The van der Waals surface area contributed by atoms with Crippen LogP contribution in [0, 0.1) is 13.8 Å². The predicted octanol–water partition coefficient (Wildman–Crippen LogP) is 4.65. The van der Waals surface area contributed by atoms with Gasteiger partial charge in [0, 0.05) is 6.42 Å². The zero-order chi connectivity index (χ0) is 20.8. The highest BCUT2D eigenvalue weighted by molar-refractivity contribution is 8.26. The number of thiocarbonyl (C=S) groups is 1. The molecule has 1 heterocycles. The van der Waals surface area contributed by atoms with Gasteiger partial charge < -0.3 is 19.5 Å². The number of amides is 1. The van der Waals surface area contributed by atoms with Crippen LogP contribution in [-0.4, -0.2) is 30.6 Å². The Morgan fingerprint density at radius 1 is 1.07 bits per heavy atom. The third-order valence-electron chi connectivity index (χ3n) is 4.49. The molecular weight excluding hydrogens is 406 g/mol. The molecule has 1 aliphatic heterocycles. The van der Waals surface area contributed by atoms with Crippen LogP contribution >= 0.6 is 24.0 Å². The molecule has 2 aromatic carbocycles. The highest BCUT2D eigenvalue weighted by atomic mass is 32.2. The van der Waals surface area contributed by atoms with Gasteiger partial charge in [0.25, 0.3) is 5.91 Å². The first-order valence-corrected chi connectivity index (χ1v) is 10.4. The summed E-state index contributed by atoms with van der Waals surface area (Å²) in [6.07, 6.45) is 2.53. The highest BCUT2D eigenvalue weighted by Gasteiger charge is 2.22. The number of methoxy groups -OCH3 is 1. The van der Waals surface area contributed by atoms with Crippen molar-refractivity contribution in [2.45, 2.75) is 20.3 Å². The van der Waals surface area contributed by atoms with Gasteiger partial charge in [-0.05, 0) is 54.8 Å². The quantitative estimate of drug-likeness (QED) is 0.375. The molecule has 3 rings (SSSR count). The number of carbonyl (C=O) groups excluding carboxylic acids is 1. The Kier molecular flexibility index (Phi) is 7.17. The molecule has 0 unspecified atom stereocenters. The summed E-state index contributed by atoms with van der Waals surface area (Å²) >= 11 is 6.26. The average Bonchev–Trinajstić information content (AvgIpc) is 3.02. The minimum absolute atomic E-state index is 0.178. The molecule has 152 valence electrons. The fourth-order valence-corrected chi connectivity index (χ4v) is 3.81. The molecule has 0 atom stereocenters. The lowest BCUT2D eigenvalue weighted by atomic mass is 10.1. The van der Waals surface area contributed by atoms with Gasteiger partial charge in [-0.15, -0.1) is 0 Å². The minimum Gasteiger partial charge on any atom is -0.493 e. The number of rotatable bonds is 8. The Morgan fingerprint density at radius 2 is 1.83 bits per heavy atom. The van der Waals surface area contributed by atoms with E-state index in [0.717, 1.165) is 23.3 Å². The maximum Gasteiger partial charge on any atom is 0.263 e. The van der Waals surface area contributed by atoms with Crippen molar-refractivity contribution < 1.29 is 19.0 Å². The van der Waals surface area contributed by atoms with Crippen molar-refractivity contribution in [2.24, 2.45) is 0 Å². The monoisotopic (exact) mass is 429 g/mol. The van der Waals surface area contributed by atoms with Crippen molar-refractivity contribution in [3.8, 4) is 17.2 Å². The van der Waals surface area contributed by atoms with Gasteiger partial charge >= 0.3 is 0 Å². The number of hydrogen-bond acceptors (Lipinski definition) is 6. The number of benzene rings is 2. The Morgan fingerprint density at radius 3 is 2.52 bits per heavy atom. The predicted molar refractivity (Wildman–Crippen MR) is 121 cm³/mol. The summed E-state index contributed by atoms with van der Waals surface area (Å²) in [4.78, 5) is 12.4. The molecule has 0 aromatic heterocycles. The zero-order valence-electron chi connectivity index (χ0n) is 16.6. The van der Waals surface area contributed by atoms with E-state index in [0.29, 0.717) is 33.9 Å². The van der Waals surface area contributed by atoms with Crippen LogP contribution in [0.2, 0.25) is 0 Å². The number of thioether (sulfide) groups is 1. The van der Waals surface area contributed by atoms with Crippen LogP contribution in [0.1, 0.15) is 23.1 Å². The molecule has 1 amide bonds. The third kappa shape index (κ3) is 5.52. The maximum atomic E-state index is 11.8. The number of ether oxygens (including phenoxy) is 3. The second kappa shape index (κ2) is 9.80. The number of carbonyl (C=O) groups is 1. The molecule has 1 fully saturated rings. The molecular formula is C22H23NO4S2. The van der Waals surface area contributed by atoms with Crippen LogP contribution in [-0.2, 0) is 4.79 Å². The van der Waals surface area contributed by atoms with E-state index < -0.39 is 0 Å². The van der Waals surface area contributed by atoms with Gasteiger partial charge in [0.1, 0.15) is 10.1 Å². The van der Waals surface area contributed by atoms with Crippen molar-refractivity contribution in [1.82, 2.24) is 5.32 Å². The van der Waals surface area contributed by atoms with E-state index in [1.165, 1.54) is 17.3 Å². The maximum absolute atomic E-state index is 11.8. The summed E-state index contributed by atoms with van der Waals surface area (Å²) in [6.45, 7) is 5.21. The molecule has 0 saturated carbocycles. The molecule has 1 aliphatic rings.